The molecule has 140 valence electrons. The lowest BCUT2D eigenvalue weighted by atomic mass is 10.0. The van der Waals surface area contributed by atoms with E-state index in [9.17, 15) is 4.79 Å². The van der Waals surface area contributed by atoms with Crippen LogP contribution in [0.15, 0.2) is 84.1 Å². The zero-order chi connectivity index (χ0) is 19.2. The first-order chi connectivity index (χ1) is 13.8. The van der Waals surface area contributed by atoms with E-state index in [0.29, 0.717) is 19.5 Å². The number of carbonyl (C=O) groups excluding carboxylic acids is 1. The van der Waals surface area contributed by atoms with Crippen molar-refractivity contribution in [2.75, 3.05) is 13.1 Å². The Morgan fingerprint density at radius 2 is 1.71 bits per heavy atom. The van der Waals surface area contributed by atoms with Crippen molar-refractivity contribution in [1.82, 2.24) is 9.88 Å². The molecule has 0 bridgehead atoms. The van der Waals surface area contributed by atoms with Gasteiger partial charge in [-0.2, -0.15) is 0 Å². The quantitative estimate of drug-likeness (QED) is 0.651. The van der Waals surface area contributed by atoms with Crippen LogP contribution < -0.4 is 0 Å². The second-order valence-electron chi connectivity index (χ2n) is 6.60. The number of amidine groups is 1. The SMILES string of the molecule is O=C(Cc1ccc(-c2ccccc2)cc1)N1CCN=C1SCc1cccnc1. The predicted octanol–water partition coefficient (Wildman–Crippen LogP) is 4.42. The molecule has 0 spiro atoms. The van der Waals surface area contributed by atoms with E-state index >= 15 is 0 Å². The molecule has 0 saturated heterocycles. The van der Waals surface area contributed by atoms with Gasteiger partial charge in [0, 0.05) is 24.7 Å². The number of aliphatic imine (C=N–C) groups is 1. The second kappa shape index (κ2) is 8.85. The van der Waals surface area contributed by atoms with Gasteiger partial charge in [-0.15, -0.1) is 0 Å². The smallest absolute Gasteiger partial charge is 0.233 e. The summed E-state index contributed by atoms with van der Waals surface area (Å²) in [6, 6.07) is 22.4. The molecule has 3 aromatic rings. The summed E-state index contributed by atoms with van der Waals surface area (Å²) in [6.45, 7) is 1.34. The van der Waals surface area contributed by atoms with Crippen molar-refractivity contribution in [3.8, 4) is 11.1 Å². The molecule has 5 heteroatoms. The number of rotatable bonds is 5. The largest absolute Gasteiger partial charge is 0.289 e. The van der Waals surface area contributed by atoms with Crippen LogP contribution in [0.5, 0.6) is 0 Å². The number of nitrogens with zero attached hydrogens (tertiary/aromatic N) is 3. The Kier molecular flexibility index (Phi) is 5.83. The minimum atomic E-state index is 0.0994. The number of hydrogen-bond acceptors (Lipinski definition) is 4. The Bertz CT molecular complexity index is 956. The van der Waals surface area contributed by atoms with Crippen LogP contribution >= 0.6 is 11.8 Å². The van der Waals surface area contributed by atoms with Crippen LogP contribution in [-0.2, 0) is 17.0 Å². The maximum atomic E-state index is 12.8. The summed E-state index contributed by atoms with van der Waals surface area (Å²) in [4.78, 5) is 23.3. The minimum absolute atomic E-state index is 0.0994. The van der Waals surface area contributed by atoms with Gasteiger partial charge in [0.2, 0.25) is 5.91 Å². The molecular formula is C23H21N3OS. The molecular weight excluding hydrogens is 366 g/mol. The number of thioether (sulfide) groups is 1. The lowest BCUT2D eigenvalue weighted by Crippen LogP contribution is -2.34. The third-order valence-electron chi connectivity index (χ3n) is 4.61. The number of benzene rings is 2. The number of aromatic nitrogens is 1. The summed E-state index contributed by atoms with van der Waals surface area (Å²) in [6.07, 6.45) is 4.00. The second-order valence-corrected chi connectivity index (χ2v) is 7.54. The molecule has 4 nitrogen and oxygen atoms in total. The summed E-state index contributed by atoms with van der Waals surface area (Å²) in [7, 11) is 0. The number of pyridine rings is 1. The fourth-order valence-corrected chi connectivity index (χ4v) is 4.13. The van der Waals surface area contributed by atoms with Crippen molar-refractivity contribution in [3.05, 3.63) is 90.3 Å². The van der Waals surface area contributed by atoms with Gasteiger partial charge in [-0.3, -0.25) is 19.7 Å². The highest BCUT2D eigenvalue weighted by Crippen LogP contribution is 2.22. The van der Waals surface area contributed by atoms with Gasteiger partial charge in [0.15, 0.2) is 5.17 Å². The van der Waals surface area contributed by atoms with Gasteiger partial charge in [-0.1, -0.05) is 72.4 Å². The van der Waals surface area contributed by atoms with E-state index in [1.165, 1.54) is 5.56 Å². The van der Waals surface area contributed by atoms with E-state index in [0.717, 1.165) is 27.6 Å². The van der Waals surface area contributed by atoms with Crippen LogP contribution in [0, 0.1) is 0 Å². The highest BCUT2D eigenvalue weighted by atomic mass is 32.2. The summed E-state index contributed by atoms with van der Waals surface area (Å²) >= 11 is 1.60. The van der Waals surface area contributed by atoms with E-state index in [-0.39, 0.29) is 5.91 Å². The van der Waals surface area contributed by atoms with Crippen LogP contribution in [0.4, 0.5) is 0 Å². The van der Waals surface area contributed by atoms with E-state index in [1.54, 1.807) is 18.0 Å². The monoisotopic (exact) mass is 387 g/mol. The standard InChI is InChI=1S/C23H21N3OS/c27-22(15-18-8-10-21(11-9-18)20-6-2-1-3-7-20)26-14-13-25-23(26)28-17-19-5-4-12-24-16-19/h1-12,16H,13-15,17H2. The number of carbonyl (C=O) groups is 1. The molecule has 0 atom stereocenters. The van der Waals surface area contributed by atoms with Crippen molar-refractivity contribution in [1.29, 1.82) is 0 Å². The summed E-state index contributed by atoms with van der Waals surface area (Å²) in [5.74, 6) is 0.866. The average molecular weight is 388 g/mol. The summed E-state index contributed by atoms with van der Waals surface area (Å²) in [5.41, 5.74) is 4.49. The molecule has 28 heavy (non-hydrogen) atoms. The molecule has 4 rings (SSSR count). The lowest BCUT2D eigenvalue weighted by Gasteiger charge is -2.18. The molecule has 0 N–H and O–H groups in total. The van der Waals surface area contributed by atoms with Crippen molar-refractivity contribution in [2.24, 2.45) is 4.99 Å². The highest BCUT2D eigenvalue weighted by molar-refractivity contribution is 8.13. The highest BCUT2D eigenvalue weighted by Gasteiger charge is 2.24. The molecule has 2 aromatic carbocycles. The molecule has 1 aromatic heterocycles. The minimum Gasteiger partial charge on any atom is -0.289 e. The normalized spacial score (nSPS) is 13.4. The van der Waals surface area contributed by atoms with Crippen molar-refractivity contribution in [2.45, 2.75) is 12.2 Å². The third kappa shape index (κ3) is 4.49. The zero-order valence-electron chi connectivity index (χ0n) is 15.5. The Labute approximate surface area is 169 Å². The van der Waals surface area contributed by atoms with Crippen LogP contribution in [-0.4, -0.2) is 34.0 Å². The Morgan fingerprint density at radius 3 is 2.46 bits per heavy atom. The topological polar surface area (TPSA) is 45.6 Å². The molecule has 0 radical (unpaired) electrons. The van der Waals surface area contributed by atoms with Gasteiger partial charge < -0.3 is 0 Å². The Balaban J connectivity index is 1.37. The summed E-state index contributed by atoms with van der Waals surface area (Å²) in [5, 5.41) is 0.815. The summed E-state index contributed by atoms with van der Waals surface area (Å²) < 4.78 is 0. The van der Waals surface area contributed by atoms with Gasteiger partial charge in [0.05, 0.1) is 13.0 Å². The molecule has 0 unspecified atom stereocenters. The maximum Gasteiger partial charge on any atom is 0.233 e. The molecule has 1 aliphatic rings. The van der Waals surface area contributed by atoms with Gasteiger partial charge >= 0.3 is 0 Å². The fourth-order valence-electron chi connectivity index (χ4n) is 3.13. The molecule has 0 saturated carbocycles. The van der Waals surface area contributed by atoms with Crippen LogP contribution in [0.3, 0.4) is 0 Å². The first-order valence-electron chi connectivity index (χ1n) is 9.30. The van der Waals surface area contributed by atoms with Crippen LogP contribution in [0.2, 0.25) is 0 Å². The maximum absolute atomic E-state index is 12.8. The Morgan fingerprint density at radius 1 is 0.929 bits per heavy atom. The van der Waals surface area contributed by atoms with Crippen LogP contribution in [0.25, 0.3) is 11.1 Å². The van der Waals surface area contributed by atoms with Crippen LogP contribution in [0.1, 0.15) is 11.1 Å². The molecule has 2 heterocycles. The average Bonchev–Trinajstić information content (AvgIpc) is 3.23. The van der Waals surface area contributed by atoms with E-state index in [1.807, 2.05) is 53.6 Å². The van der Waals surface area contributed by atoms with Gasteiger partial charge in [0.25, 0.3) is 0 Å². The fraction of sp³-hybridized carbons (Fsp3) is 0.174. The molecule has 1 amide bonds. The third-order valence-corrected chi connectivity index (χ3v) is 5.70. The Hall–Kier alpha value is -2.92. The van der Waals surface area contributed by atoms with E-state index in [2.05, 4.69) is 34.2 Å². The first kappa shape index (κ1) is 18.4. The van der Waals surface area contributed by atoms with Crippen molar-refractivity contribution in [3.63, 3.8) is 0 Å². The molecule has 0 fully saturated rings. The molecule has 0 aliphatic carbocycles. The van der Waals surface area contributed by atoms with Crippen molar-refractivity contribution < 1.29 is 4.79 Å². The van der Waals surface area contributed by atoms with Gasteiger partial charge in [-0.05, 0) is 28.3 Å². The first-order valence-corrected chi connectivity index (χ1v) is 10.3. The lowest BCUT2D eigenvalue weighted by molar-refractivity contribution is -0.126. The number of hydrogen-bond donors (Lipinski definition) is 0. The van der Waals surface area contributed by atoms with E-state index in [4.69, 9.17) is 0 Å². The predicted molar refractivity (Wildman–Crippen MR) is 115 cm³/mol. The van der Waals surface area contributed by atoms with Gasteiger partial charge in [-0.25, -0.2) is 0 Å². The van der Waals surface area contributed by atoms with Gasteiger partial charge in [0.1, 0.15) is 0 Å². The zero-order valence-corrected chi connectivity index (χ0v) is 16.3. The molecule has 1 aliphatic heterocycles. The van der Waals surface area contributed by atoms with Crippen molar-refractivity contribution >= 4 is 22.8 Å². The van der Waals surface area contributed by atoms with E-state index < -0.39 is 0 Å². The number of amides is 1.